The second-order valence-electron chi connectivity index (χ2n) is 5.68. The average molecular weight is 323 g/mol. The number of aromatic nitrogens is 4. The third-order valence-corrected chi connectivity index (χ3v) is 3.88. The number of rotatable bonds is 4. The first kappa shape index (κ1) is 14.5. The maximum Gasteiger partial charge on any atom is 0.278 e. The van der Waals surface area contributed by atoms with E-state index in [1.165, 1.54) is 12.1 Å². The van der Waals surface area contributed by atoms with Crippen LogP contribution in [0.4, 0.5) is 10.1 Å². The van der Waals surface area contributed by atoms with Gasteiger partial charge < -0.3 is 5.32 Å². The Morgan fingerprint density at radius 3 is 2.71 bits per heavy atom. The summed E-state index contributed by atoms with van der Waals surface area (Å²) in [6.07, 6.45) is 5.14. The largest absolute Gasteiger partial charge is 0.320 e. The Morgan fingerprint density at radius 1 is 1.21 bits per heavy atom. The van der Waals surface area contributed by atoms with E-state index in [1.807, 2.05) is 0 Å². The van der Waals surface area contributed by atoms with Crippen molar-refractivity contribution in [3.8, 4) is 5.69 Å². The van der Waals surface area contributed by atoms with Gasteiger partial charge in [-0.05, 0) is 43.2 Å². The van der Waals surface area contributed by atoms with Crippen molar-refractivity contribution in [2.24, 2.45) is 0 Å². The lowest BCUT2D eigenvalue weighted by Crippen LogP contribution is -2.15. The van der Waals surface area contributed by atoms with Crippen LogP contribution in [0.2, 0.25) is 0 Å². The fraction of sp³-hybridized carbons (Fsp3) is 0.176. The number of nitrogens with zero attached hydrogens (tertiary/aromatic N) is 4. The van der Waals surface area contributed by atoms with Gasteiger partial charge in [-0.1, -0.05) is 11.3 Å². The second-order valence-corrected chi connectivity index (χ2v) is 5.68. The predicted molar refractivity (Wildman–Crippen MR) is 85.5 cm³/mol. The average Bonchev–Trinajstić information content (AvgIpc) is 3.33. The minimum atomic E-state index is -0.354. The number of carbonyl (C=O) groups is 1. The number of halogens is 1. The van der Waals surface area contributed by atoms with E-state index in [0.29, 0.717) is 11.4 Å². The Morgan fingerprint density at radius 2 is 2.00 bits per heavy atom. The maximum absolute atomic E-state index is 13.5. The fourth-order valence-electron chi connectivity index (χ4n) is 2.60. The van der Waals surface area contributed by atoms with E-state index in [1.54, 1.807) is 41.3 Å². The number of carbonyl (C=O) groups excluding carboxylic acids is 1. The van der Waals surface area contributed by atoms with Crippen LogP contribution in [0.3, 0.4) is 0 Å². The quantitative estimate of drug-likeness (QED) is 0.801. The minimum Gasteiger partial charge on any atom is -0.320 e. The Labute approximate surface area is 137 Å². The normalized spacial score (nSPS) is 13.7. The molecule has 0 saturated heterocycles. The van der Waals surface area contributed by atoms with Crippen molar-refractivity contribution >= 4 is 11.6 Å². The summed E-state index contributed by atoms with van der Waals surface area (Å²) in [5.41, 5.74) is 2.20. The summed E-state index contributed by atoms with van der Waals surface area (Å²) in [6.45, 7) is 0. The molecule has 2 heterocycles. The van der Waals surface area contributed by atoms with Crippen LogP contribution < -0.4 is 5.32 Å². The molecule has 0 radical (unpaired) electrons. The van der Waals surface area contributed by atoms with Gasteiger partial charge in [-0.3, -0.25) is 9.78 Å². The van der Waals surface area contributed by atoms with Crippen molar-refractivity contribution in [1.82, 2.24) is 20.0 Å². The second kappa shape index (κ2) is 5.84. The van der Waals surface area contributed by atoms with E-state index in [2.05, 4.69) is 20.6 Å². The van der Waals surface area contributed by atoms with Crippen LogP contribution in [-0.4, -0.2) is 25.9 Å². The number of nitrogens with one attached hydrogen (secondary N) is 1. The first-order valence-electron chi connectivity index (χ1n) is 7.65. The maximum atomic E-state index is 13.5. The number of pyridine rings is 1. The lowest BCUT2D eigenvalue weighted by atomic mass is 10.2. The summed E-state index contributed by atoms with van der Waals surface area (Å²) in [6, 6.07) is 9.50. The predicted octanol–water partition coefficient (Wildman–Crippen LogP) is 2.93. The van der Waals surface area contributed by atoms with Crippen LogP contribution in [-0.2, 0) is 0 Å². The van der Waals surface area contributed by atoms with Crippen LogP contribution in [0.25, 0.3) is 5.69 Å². The van der Waals surface area contributed by atoms with Crippen LogP contribution in [0.5, 0.6) is 0 Å². The number of anilines is 1. The van der Waals surface area contributed by atoms with Gasteiger partial charge in [-0.15, -0.1) is 5.10 Å². The molecular weight excluding hydrogens is 309 g/mol. The standard InChI is InChI=1S/C17H14FN5O/c18-12-2-1-3-14(10-12)23-16(11-4-5-11)15(21-22-23)17(24)20-13-6-8-19-9-7-13/h1-3,6-11H,4-5H2,(H,19,20,24). The SMILES string of the molecule is O=C(Nc1ccncc1)c1nnn(-c2cccc(F)c2)c1C1CC1. The van der Waals surface area contributed by atoms with Gasteiger partial charge >= 0.3 is 0 Å². The molecule has 0 aliphatic heterocycles. The molecule has 0 atom stereocenters. The third-order valence-electron chi connectivity index (χ3n) is 3.88. The Balaban J connectivity index is 1.70. The highest BCUT2D eigenvalue weighted by Gasteiger charge is 2.34. The fourth-order valence-corrected chi connectivity index (χ4v) is 2.60. The van der Waals surface area contributed by atoms with Crippen molar-refractivity contribution in [3.63, 3.8) is 0 Å². The lowest BCUT2D eigenvalue weighted by Gasteiger charge is -2.07. The Kier molecular flexibility index (Phi) is 3.53. The van der Waals surface area contributed by atoms with Gasteiger partial charge in [-0.2, -0.15) is 0 Å². The Hall–Kier alpha value is -3.09. The van der Waals surface area contributed by atoms with Crippen molar-refractivity contribution in [1.29, 1.82) is 0 Å². The number of hydrogen-bond donors (Lipinski definition) is 1. The first-order chi connectivity index (χ1) is 11.7. The summed E-state index contributed by atoms with van der Waals surface area (Å²) < 4.78 is 15.1. The molecule has 3 aromatic rings. The smallest absolute Gasteiger partial charge is 0.278 e. The monoisotopic (exact) mass is 323 g/mol. The van der Waals surface area contributed by atoms with Gasteiger partial charge in [0.2, 0.25) is 0 Å². The van der Waals surface area contributed by atoms with Crippen LogP contribution in [0.15, 0.2) is 48.8 Å². The molecular formula is C17H14FN5O. The van der Waals surface area contributed by atoms with Crippen molar-refractivity contribution < 1.29 is 9.18 Å². The van der Waals surface area contributed by atoms with Gasteiger partial charge in [0.1, 0.15) is 5.82 Å². The zero-order chi connectivity index (χ0) is 16.5. The minimum absolute atomic E-state index is 0.224. The molecule has 0 bridgehead atoms. The third kappa shape index (κ3) is 2.76. The van der Waals surface area contributed by atoms with E-state index in [9.17, 15) is 9.18 Å². The molecule has 0 spiro atoms. The molecule has 1 aliphatic rings. The van der Waals surface area contributed by atoms with E-state index >= 15 is 0 Å². The zero-order valence-electron chi connectivity index (χ0n) is 12.7. The molecule has 6 nitrogen and oxygen atoms in total. The van der Waals surface area contributed by atoms with Crippen LogP contribution in [0.1, 0.15) is 34.9 Å². The van der Waals surface area contributed by atoms with E-state index in [0.717, 1.165) is 18.5 Å². The van der Waals surface area contributed by atoms with E-state index in [4.69, 9.17) is 0 Å². The molecule has 120 valence electrons. The summed E-state index contributed by atoms with van der Waals surface area (Å²) in [5, 5.41) is 10.9. The molecule has 1 amide bonds. The van der Waals surface area contributed by atoms with Crippen LogP contribution in [0, 0.1) is 5.82 Å². The Bertz CT molecular complexity index is 889. The van der Waals surface area contributed by atoms with Gasteiger partial charge in [0.05, 0.1) is 11.4 Å². The van der Waals surface area contributed by atoms with E-state index < -0.39 is 0 Å². The highest BCUT2D eigenvalue weighted by Crippen LogP contribution is 2.42. The van der Waals surface area contributed by atoms with Crippen molar-refractivity contribution in [2.45, 2.75) is 18.8 Å². The van der Waals surface area contributed by atoms with Gasteiger partial charge in [-0.25, -0.2) is 9.07 Å². The molecule has 1 saturated carbocycles. The molecule has 1 aliphatic carbocycles. The molecule has 24 heavy (non-hydrogen) atoms. The molecule has 1 aromatic carbocycles. The molecule has 1 fully saturated rings. The zero-order valence-corrected chi connectivity index (χ0v) is 12.7. The molecule has 2 aromatic heterocycles. The topological polar surface area (TPSA) is 72.7 Å². The van der Waals surface area contributed by atoms with Gasteiger partial charge in [0.15, 0.2) is 5.69 Å². The highest BCUT2D eigenvalue weighted by atomic mass is 19.1. The number of amides is 1. The number of benzene rings is 1. The molecule has 7 heteroatoms. The van der Waals surface area contributed by atoms with Gasteiger partial charge in [0.25, 0.3) is 5.91 Å². The lowest BCUT2D eigenvalue weighted by molar-refractivity contribution is 0.102. The van der Waals surface area contributed by atoms with Crippen molar-refractivity contribution in [3.05, 3.63) is 66.0 Å². The highest BCUT2D eigenvalue weighted by molar-refractivity contribution is 6.03. The summed E-state index contributed by atoms with van der Waals surface area (Å²) in [5.74, 6) is -0.459. The molecule has 0 unspecified atom stereocenters. The first-order valence-corrected chi connectivity index (χ1v) is 7.65. The summed E-state index contributed by atoms with van der Waals surface area (Å²) in [7, 11) is 0. The molecule has 1 N–H and O–H groups in total. The van der Waals surface area contributed by atoms with Crippen molar-refractivity contribution in [2.75, 3.05) is 5.32 Å². The molecule has 4 rings (SSSR count). The van der Waals surface area contributed by atoms with Crippen LogP contribution >= 0.6 is 0 Å². The summed E-state index contributed by atoms with van der Waals surface area (Å²) >= 11 is 0. The van der Waals surface area contributed by atoms with E-state index in [-0.39, 0.29) is 23.3 Å². The number of hydrogen-bond acceptors (Lipinski definition) is 4. The van der Waals surface area contributed by atoms with Gasteiger partial charge in [0, 0.05) is 24.0 Å². The summed E-state index contributed by atoms with van der Waals surface area (Å²) in [4.78, 5) is 16.5.